The molecule has 0 aliphatic heterocycles. The number of anilines is 1. The summed E-state index contributed by atoms with van der Waals surface area (Å²) in [4.78, 5) is 28.8. The zero-order valence-corrected chi connectivity index (χ0v) is 15.9. The number of aromatic nitrogens is 5. The van der Waals surface area contributed by atoms with Crippen molar-refractivity contribution >= 4 is 11.6 Å². The largest absolute Gasteiger partial charge is 0.492 e. The molecule has 4 rings (SSSR count). The van der Waals surface area contributed by atoms with E-state index in [1.165, 1.54) is 29.5 Å². The molecule has 30 heavy (non-hydrogen) atoms. The number of para-hydroxylation sites is 3. The lowest BCUT2D eigenvalue weighted by atomic mass is 10.2. The molecule has 2 aromatic heterocycles. The molecule has 150 valence electrons. The Labute approximate surface area is 171 Å². The van der Waals surface area contributed by atoms with Crippen LogP contribution in [-0.2, 0) is 6.54 Å². The first-order valence-corrected chi connectivity index (χ1v) is 9.22. The predicted octanol–water partition coefficient (Wildman–Crippen LogP) is 2.16. The second kappa shape index (κ2) is 8.82. The summed E-state index contributed by atoms with van der Waals surface area (Å²) in [5.41, 5.74) is 1.00. The lowest BCUT2D eigenvalue weighted by Crippen LogP contribution is -2.28. The Balaban J connectivity index is 1.48. The fourth-order valence-electron chi connectivity index (χ4n) is 2.79. The molecule has 0 radical (unpaired) electrons. The molecule has 0 spiro atoms. The first kappa shape index (κ1) is 19.1. The number of hydrogen-bond acceptors (Lipinski definition) is 6. The van der Waals surface area contributed by atoms with Crippen molar-refractivity contribution in [1.29, 1.82) is 0 Å². The summed E-state index contributed by atoms with van der Waals surface area (Å²) in [7, 11) is 0. The van der Waals surface area contributed by atoms with Crippen LogP contribution in [0.5, 0.6) is 5.75 Å². The summed E-state index contributed by atoms with van der Waals surface area (Å²) in [6.45, 7) is 0.460. The van der Waals surface area contributed by atoms with E-state index in [1.807, 2.05) is 36.4 Å². The van der Waals surface area contributed by atoms with E-state index in [1.54, 1.807) is 22.9 Å². The van der Waals surface area contributed by atoms with Gasteiger partial charge in [-0.25, -0.2) is 14.3 Å². The van der Waals surface area contributed by atoms with Crippen molar-refractivity contribution in [2.45, 2.75) is 6.54 Å². The molecule has 0 bridgehead atoms. The number of hydrogen-bond donors (Lipinski definition) is 1. The Morgan fingerprint density at radius 2 is 1.80 bits per heavy atom. The van der Waals surface area contributed by atoms with Gasteiger partial charge in [-0.15, -0.1) is 0 Å². The SMILES string of the molecule is O=C(Nc1ccccc1-n1cncn1)c1ccc(=O)n(CCOc2ccccc2)n1. The van der Waals surface area contributed by atoms with Crippen molar-refractivity contribution in [1.82, 2.24) is 24.5 Å². The van der Waals surface area contributed by atoms with Crippen LogP contribution in [0.1, 0.15) is 10.5 Å². The van der Waals surface area contributed by atoms with Gasteiger partial charge in [0.25, 0.3) is 11.5 Å². The molecule has 0 saturated heterocycles. The number of carbonyl (C=O) groups excluding carboxylic acids is 1. The number of amides is 1. The summed E-state index contributed by atoms with van der Waals surface area (Å²) in [5.74, 6) is 0.254. The molecule has 9 heteroatoms. The normalized spacial score (nSPS) is 10.5. The standard InChI is InChI=1S/C21H18N6O3/c28-20-11-10-18(25-26(20)12-13-30-16-6-2-1-3-7-16)21(29)24-17-8-4-5-9-19(17)27-15-22-14-23-27/h1-11,14-15H,12-13H2,(H,24,29). The maximum Gasteiger partial charge on any atom is 0.276 e. The Bertz CT molecular complexity index is 1190. The highest BCUT2D eigenvalue weighted by atomic mass is 16.5. The third-order valence-electron chi connectivity index (χ3n) is 4.23. The van der Waals surface area contributed by atoms with Gasteiger partial charge in [-0.05, 0) is 30.3 Å². The van der Waals surface area contributed by atoms with E-state index in [2.05, 4.69) is 20.5 Å². The number of rotatable bonds is 7. The maximum atomic E-state index is 12.7. The van der Waals surface area contributed by atoms with Crippen LogP contribution in [0.2, 0.25) is 0 Å². The average molecular weight is 402 g/mol. The van der Waals surface area contributed by atoms with Crippen molar-refractivity contribution in [2.75, 3.05) is 11.9 Å². The third kappa shape index (κ3) is 4.41. The molecular formula is C21H18N6O3. The molecule has 0 fully saturated rings. The van der Waals surface area contributed by atoms with E-state index >= 15 is 0 Å². The molecule has 0 aliphatic rings. The van der Waals surface area contributed by atoms with Crippen LogP contribution < -0.4 is 15.6 Å². The summed E-state index contributed by atoms with van der Waals surface area (Å²) < 4.78 is 8.36. The minimum Gasteiger partial charge on any atom is -0.492 e. The van der Waals surface area contributed by atoms with Crippen LogP contribution in [-0.4, -0.2) is 37.1 Å². The number of nitrogens with zero attached hydrogens (tertiary/aromatic N) is 5. The van der Waals surface area contributed by atoms with E-state index < -0.39 is 5.91 Å². The molecule has 1 N–H and O–H groups in total. The Morgan fingerprint density at radius 3 is 2.60 bits per heavy atom. The number of carbonyl (C=O) groups is 1. The van der Waals surface area contributed by atoms with E-state index in [4.69, 9.17) is 4.74 Å². The number of nitrogens with one attached hydrogen (secondary N) is 1. The van der Waals surface area contributed by atoms with Gasteiger partial charge < -0.3 is 10.1 Å². The van der Waals surface area contributed by atoms with Gasteiger partial charge in [-0.3, -0.25) is 9.59 Å². The highest BCUT2D eigenvalue weighted by Gasteiger charge is 2.13. The van der Waals surface area contributed by atoms with Gasteiger partial charge in [-0.1, -0.05) is 30.3 Å². The van der Waals surface area contributed by atoms with Crippen molar-refractivity contribution in [2.24, 2.45) is 0 Å². The molecule has 0 saturated carbocycles. The Morgan fingerprint density at radius 1 is 1.00 bits per heavy atom. The van der Waals surface area contributed by atoms with Crippen LogP contribution in [0.15, 0.2) is 84.2 Å². The number of ether oxygens (including phenoxy) is 1. The monoisotopic (exact) mass is 402 g/mol. The Hall–Kier alpha value is -4.27. The summed E-state index contributed by atoms with van der Waals surface area (Å²) in [5, 5.41) is 11.1. The fourth-order valence-corrected chi connectivity index (χ4v) is 2.79. The smallest absolute Gasteiger partial charge is 0.276 e. The topological polar surface area (TPSA) is 104 Å². The van der Waals surface area contributed by atoms with Crippen molar-refractivity contribution in [3.05, 3.63) is 95.4 Å². The van der Waals surface area contributed by atoms with Crippen LogP contribution >= 0.6 is 0 Å². The predicted molar refractivity (Wildman–Crippen MR) is 110 cm³/mol. The lowest BCUT2D eigenvalue weighted by molar-refractivity contribution is 0.101. The maximum absolute atomic E-state index is 12.7. The van der Waals surface area contributed by atoms with Crippen molar-refractivity contribution < 1.29 is 9.53 Å². The molecule has 1 amide bonds. The minimum atomic E-state index is -0.444. The first-order valence-electron chi connectivity index (χ1n) is 9.22. The second-order valence-corrected chi connectivity index (χ2v) is 6.25. The fraction of sp³-hybridized carbons (Fsp3) is 0.0952. The molecule has 9 nitrogen and oxygen atoms in total. The van der Waals surface area contributed by atoms with Gasteiger partial charge in [0.2, 0.25) is 0 Å². The number of benzene rings is 2. The zero-order valence-electron chi connectivity index (χ0n) is 15.9. The van der Waals surface area contributed by atoms with E-state index in [-0.39, 0.29) is 24.4 Å². The summed E-state index contributed by atoms with van der Waals surface area (Å²) in [6.07, 6.45) is 2.95. The molecule has 2 aromatic carbocycles. The minimum absolute atomic E-state index is 0.114. The van der Waals surface area contributed by atoms with Crippen LogP contribution in [0, 0.1) is 0 Å². The van der Waals surface area contributed by atoms with Gasteiger partial charge >= 0.3 is 0 Å². The lowest BCUT2D eigenvalue weighted by Gasteiger charge is -2.11. The third-order valence-corrected chi connectivity index (χ3v) is 4.23. The summed E-state index contributed by atoms with van der Waals surface area (Å²) in [6, 6.07) is 19.2. The molecule has 2 heterocycles. The molecule has 4 aromatic rings. The van der Waals surface area contributed by atoms with Gasteiger partial charge in [-0.2, -0.15) is 10.2 Å². The van der Waals surface area contributed by atoms with Crippen LogP contribution in [0.3, 0.4) is 0 Å². The zero-order chi connectivity index (χ0) is 20.8. The highest BCUT2D eigenvalue weighted by molar-refractivity contribution is 6.03. The molecule has 0 aliphatic carbocycles. The first-order chi connectivity index (χ1) is 14.7. The van der Waals surface area contributed by atoms with E-state index in [9.17, 15) is 9.59 Å². The van der Waals surface area contributed by atoms with Crippen molar-refractivity contribution in [3.8, 4) is 11.4 Å². The molecule has 0 unspecified atom stereocenters. The van der Waals surface area contributed by atoms with E-state index in [0.29, 0.717) is 17.1 Å². The van der Waals surface area contributed by atoms with Gasteiger partial charge in [0, 0.05) is 6.07 Å². The molecule has 0 atom stereocenters. The van der Waals surface area contributed by atoms with Crippen LogP contribution in [0.25, 0.3) is 5.69 Å². The van der Waals surface area contributed by atoms with Gasteiger partial charge in [0.1, 0.15) is 30.7 Å². The van der Waals surface area contributed by atoms with E-state index in [0.717, 1.165) is 0 Å². The van der Waals surface area contributed by atoms with Gasteiger partial charge in [0.15, 0.2) is 0 Å². The van der Waals surface area contributed by atoms with Crippen molar-refractivity contribution in [3.63, 3.8) is 0 Å². The average Bonchev–Trinajstić information content (AvgIpc) is 3.31. The van der Waals surface area contributed by atoms with Gasteiger partial charge in [0.05, 0.1) is 17.9 Å². The summed E-state index contributed by atoms with van der Waals surface area (Å²) >= 11 is 0. The Kier molecular flexibility index (Phi) is 5.61. The van der Waals surface area contributed by atoms with Crippen LogP contribution in [0.4, 0.5) is 5.69 Å². The quantitative estimate of drug-likeness (QED) is 0.508. The second-order valence-electron chi connectivity index (χ2n) is 6.25. The highest BCUT2D eigenvalue weighted by Crippen LogP contribution is 2.19. The molecular weight excluding hydrogens is 384 g/mol.